The molecule has 2 N–H and O–H groups in total. The van der Waals surface area contributed by atoms with Crippen molar-refractivity contribution in [3.05, 3.63) is 35.2 Å². The number of nitrogens with one attached hydrogen (secondary N) is 2. The molecule has 26 heavy (non-hydrogen) atoms. The number of rotatable bonds is 6. The fourth-order valence-corrected chi connectivity index (χ4v) is 3.54. The van der Waals surface area contributed by atoms with E-state index >= 15 is 0 Å². The van der Waals surface area contributed by atoms with Gasteiger partial charge in [0.25, 0.3) is 10.0 Å². The molecule has 3 heterocycles. The molecular weight excluding hydrogens is 392 g/mol. The van der Waals surface area contributed by atoms with Gasteiger partial charge in [-0.3, -0.25) is 0 Å². The Morgan fingerprint density at radius 2 is 2.12 bits per heavy atom. The molecule has 8 nitrogen and oxygen atoms in total. The maximum atomic E-state index is 12.6. The van der Waals surface area contributed by atoms with Crippen molar-refractivity contribution in [1.29, 1.82) is 0 Å². The van der Waals surface area contributed by atoms with Crippen LogP contribution in [-0.4, -0.2) is 41.9 Å². The Morgan fingerprint density at radius 1 is 1.35 bits per heavy atom. The molecule has 3 aromatic heterocycles. The number of anilines is 1. The maximum absolute atomic E-state index is 12.6. The summed E-state index contributed by atoms with van der Waals surface area (Å²) in [6, 6.07) is 2.96. The third-order valence-corrected chi connectivity index (χ3v) is 4.95. The maximum Gasteiger partial charge on any atom is 0.266 e. The van der Waals surface area contributed by atoms with Gasteiger partial charge in [0.05, 0.1) is 7.11 Å². The number of hydrogen-bond donors (Lipinski definition) is 2. The molecule has 0 saturated heterocycles. The third kappa shape index (κ3) is 3.68. The summed E-state index contributed by atoms with van der Waals surface area (Å²) in [5, 5.41) is 0.530. The molecule has 12 heteroatoms. The summed E-state index contributed by atoms with van der Waals surface area (Å²) >= 11 is 5.77. The van der Waals surface area contributed by atoms with E-state index in [-0.39, 0.29) is 27.4 Å². The van der Waals surface area contributed by atoms with Crippen LogP contribution in [0.15, 0.2) is 29.4 Å². The minimum Gasteiger partial charge on any atom is -0.481 e. The van der Waals surface area contributed by atoms with Crippen molar-refractivity contribution < 1.29 is 21.9 Å². The van der Waals surface area contributed by atoms with E-state index in [2.05, 4.69) is 24.7 Å². The minimum absolute atomic E-state index is 0.0661. The van der Waals surface area contributed by atoms with Crippen LogP contribution in [0, 0.1) is 0 Å². The summed E-state index contributed by atoms with van der Waals surface area (Å²) in [5.41, 5.74) is 0.361. The SMILES string of the molecule is COc1nc(NS(=O)(=O)c2c[nH]c3nc(Cl)ccc23)ncc1CC(F)F. The molecule has 3 aromatic rings. The van der Waals surface area contributed by atoms with Gasteiger partial charge >= 0.3 is 0 Å². The zero-order valence-electron chi connectivity index (χ0n) is 13.2. The normalized spacial score (nSPS) is 11.9. The summed E-state index contributed by atoms with van der Waals surface area (Å²) < 4.78 is 57.4. The predicted octanol–water partition coefficient (Wildman–Crippen LogP) is 2.62. The summed E-state index contributed by atoms with van der Waals surface area (Å²) in [7, 11) is -2.82. The van der Waals surface area contributed by atoms with Gasteiger partial charge < -0.3 is 9.72 Å². The average molecular weight is 404 g/mol. The number of aromatic nitrogens is 4. The summed E-state index contributed by atoms with van der Waals surface area (Å²) in [6.45, 7) is 0. The Kier molecular flexibility index (Phi) is 4.92. The Hall–Kier alpha value is -2.53. The van der Waals surface area contributed by atoms with Crippen LogP contribution in [0.1, 0.15) is 5.56 Å². The van der Waals surface area contributed by atoms with Gasteiger partial charge in [-0.1, -0.05) is 11.6 Å². The van der Waals surface area contributed by atoms with Crippen molar-refractivity contribution in [2.45, 2.75) is 17.7 Å². The van der Waals surface area contributed by atoms with Gasteiger partial charge in [-0.15, -0.1) is 0 Å². The van der Waals surface area contributed by atoms with Gasteiger partial charge in [-0.2, -0.15) is 4.98 Å². The molecule has 0 spiro atoms. The Labute approximate surface area is 151 Å². The number of methoxy groups -OCH3 is 1. The van der Waals surface area contributed by atoms with E-state index in [4.69, 9.17) is 16.3 Å². The fourth-order valence-electron chi connectivity index (χ4n) is 2.28. The van der Waals surface area contributed by atoms with Crippen molar-refractivity contribution in [2.75, 3.05) is 11.8 Å². The van der Waals surface area contributed by atoms with Gasteiger partial charge in [0.2, 0.25) is 18.3 Å². The van der Waals surface area contributed by atoms with E-state index < -0.39 is 22.9 Å². The van der Waals surface area contributed by atoms with Crippen LogP contribution in [0.25, 0.3) is 11.0 Å². The number of hydrogen-bond acceptors (Lipinski definition) is 6. The van der Waals surface area contributed by atoms with Crippen molar-refractivity contribution in [1.82, 2.24) is 19.9 Å². The molecule has 138 valence electrons. The molecular formula is C14H12ClF2N5O3S. The zero-order chi connectivity index (χ0) is 18.9. The number of ether oxygens (including phenoxy) is 1. The summed E-state index contributed by atoms with van der Waals surface area (Å²) in [6.07, 6.45) is -0.878. The van der Waals surface area contributed by atoms with E-state index in [9.17, 15) is 17.2 Å². The molecule has 0 saturated carbocycles. The molecule has 0 unspecified atom stereocenters. The van der Waals surface area contributed by atoms with Crippen molar-refractivity contribution in [2.24, 2.45) is 0 Å². The van der Waals surface area contributed by atoms with Crippen LogP contribution in [0.3, 0.4) is 0 Å². The molecule has 0 bridgehead atoms. The standard InChI is InChI=1S/C14H12ClF2N5O3S/c1-25-13-7(4-11(16)17)5-19-14(21-13)22-26(23,24)9-6-18-12-8(9)2-3-10(15)20-12/h2-3,5-6,11H,4H2,1H3,(H,18,20)(H,19,21,22). The van der Waals surface area contributed by atoms with Gasteiger partial charge in [-0.05, 0) is 12.1 Å². The van der Waals surface area contributed by atoms with E-state index in [1.54, 1.807) is 0 Å². The molecule has 3 rings (SSSR count). The van der Waals surface area contributed by atoms with Gasteiger partial charge in [0.15, 0.2) is 0 Å². The smallest absolute Gasteiger partial charge is 0.266 e. The van der Waals surface area contributed by atoms with E-state index in [0.717, 1.165) is 6.20 Å². The molecule has 0 aliphatic carbocycles. The minimum atomic E-state index is -4.06. The van der Waals surface area contributed by atoms with Gasteiger partial charge in [-0.25, -0.2) is 31.9 Å². The van der Waals surface area contributed by atoms with E-state index in [1.165, 1.54) is 25.4 Å². The number of nitrogens with zero attached hydrogens (tertiary/aromatic N) is 3. The molecule has 0 aliphatic rings. The lowest BCUT2D eigenvalue weighted by atomic mass is 10.2. The first-order valence-corrected chi connectivity index (χ1v) is 9.01. The second-order valence-corrected chi connectivity index (χ2v) is 7.15. The predicted molar refractivity (Wildman–Crippen MR) is 90.2 cm³/mol. The molecule has 0 fully saturated rings. The molecule has 0 radical (unpaired) electrons. The lowest BCUT2D eigenvalue weighted by molar-refractivity contribution is 0.147. The Bertz CT molecular complexity index is 1060. The van der Waals surface area contributed by atoms with E-state index in [0.29, 0.717) is 11.0 Å². The van der Waals surface area contributed by atoms with Crippen LogP contribution in [0.4, 0.5) is 14.7 Å². The van der Waals surface area contributed by atoms with Crippen LogP contribution in [0.5, 0.6) is 5.88 Å². The highest BCUT2D eigenvalue weighted by Crippen LogP contribution is 2.25. The lowest BCUT2D eigenvalue weighted by Crippen LogP contribution is -2.15. The highest BCUT2D eigenvalue weighted by Gasteiger charge is 2.22. The molecule has 0 aromatic carbocycles. The van der Waals surface area contributed by atoms with Crippen molar-refractivity contribution in [3.63, 3.8) is 0 Å². The Morgan fingerprint density at radius 3 is 2.81 bits per heavy atom. The number of aromatic amines is 1. The van der Waals surface area contributed by atoms with Crippen LogP contribution >= 0.6 is 11.6 Å². The quantitative estimate of drug-likeness (QED) is 0.612. The largest absolute Gasteiger partial charge is 0.481 e. The molecule has 0 atom stereocenters. The number of pyridine rings is 1. The topological polar surface area (TPSA) is 110 Å². The highest BCUT2D eigenvalue weighted by molar-refractivity contribution is 7.93. The van der Waals surface area contributed by atoms with Crippen molar-refractivity contribution in [3.8, 4) is 5.88 Å². The first-order valence-electron chi connectivity index (χ1n) is 7.14. The van der Waals surface area contributed by atoms with Crippen LogP contribution in [0.2, 0.25) is 5.15 Å². The monoisotopic (exact) mass is 403 g/mol. The van der Waals surface area contributed by atoms with Gasteiger partial charge in [0, 0.05) is 29.8 Å². The van der Waals surface area contributed by atoms with Crippen LogP contribution in [-0.2, 0) is 16.4 Å². The summed E-state index contributed by atoms with van der Waals surface area (Å²) in [4.78, 5) is 14.2. The number of alkyl halides is 2. The average Bonchev–Trinajstić information content (AvgIpc) is 2.99. The molecule has 0 amide bonds. The molecule has 0 aliphatic heterocycles. The highest BCUT2D eigenvalue weighted by atomic mass is 35.5. The first-order chi connectivity index (χ1) is 12.3. The number of H-pyrrole nitrogens is 1. The fraction of sp³-hybridized carbons (Fsp3) is 0.214. The number of halogens is 3. The first kappa shape index (κ1) is 18.3. The number of sulfonamides is 1. The second kappa shape index (κ2) is 7.00. The van der Waals surface area contributed by atoms with Gasteiger partial charge in [0.1, 0.15) is 15.7 Å². The van der Waals surface area contributed by atoms with Crippen LogP contribution < -0.4 is 9.46 Å². The van der Waals surface area contributed by atoms with Crippen molar-refractivity contribution >= 4 is 38.6 Å². The zero-order valence-corrected chi connectivity index (χ0v) is 14.8. The summed E-state index contributed by atoms with van der Waals surface area (Å²) in [5.74, 6) is -0.443. The van der Waals surface area contributed by atoms with E-state index in [1.807, 2.05) is 0 Å². The lowest BCUT2D eigenvalue weighted by Gasteiger charge is -2.10. The second-order valence-electron chi connectivity index (χ2n) is 5.11. The third-order valence-electron chi connectivity index (χ3n) is 3.37. The Balaban J connectivity index is 1.94. The number of fused-ring (bicyclic) bond motifs is 1.